The Bertz CT molecular complexity index is 738. The number of thiazole rings is 1. The first kappa shape index (κ1) is 17.6. The molecule has 0 radical (unpaired) electrons. The molecule has 3 heterocycles. The van der Waals surface area contributed by atoms with Crippen molar-refractivity contribution < 1.29 is 9.59 Å². The van der Waals surface area contributed by atoms with Crippen molar-refractivity contribution in [2.45, 2.75) is 52.1 Å². The fraction of sp³-hybridized carbons (Fsp3) is 0.529. The highest BCUT2D eigenvalue weighted by atomic mass is 32.1. The van der Waals surface area contributed by atoms with Gasteiger partial charge in [0.1, 0.15) is 17.6 Å². The van der Waals surface area contributed by atoms with Crippen LogP contribution in [0.25, 0.3) is 0 Å². The third-order valence-electron chi connectivity index (χ3n) is 4.19. The molecule has 2 amide bonds. The van der Waals surface area contributed by atoms with Gasteiger partial charge in [0.05, 0.1) is 6.20 Å². The number of nitrogens with zero attached hydrogens (tertiary/aromatic N) is 3. The Hall–Kier alpha value is -2.22. The molecule has 3 rings (SSSR count). The van der Waals surface area contributed by atoms with Crippen molar-refractivity contribution in [3.63, 3.8) is 0 Å². The molecule has 2 aromatic rings. The predicted octanol–water partition coefficient (Wildman–Crippen LogP) is 2.46. The van der Waals surface area contributed by atoms with Gasteiger partial charge in [0.2, 0.25) is 5.91 Å². The van der Waals surface area contributed by atoms with Gasteiger partial charge >= 0.3 is 0 Å². The molecule has 8 heteroatoms. The lowest BCUT2D eigenvalue weighted by Gasteiger charge is -2.21. The number of amides is 2. The van der Waals surface area contributed by atoms with Crippen molar-refractivity contribution in [3.8, 4) is 0 Å². The molecule has 0 saturated heterocycles. The molecule has 2 aromatic heterocycles. The summed E-state index contributed by atoms with van der Waals surface area (Å²) in [6, 6.07) is -0.605. The van der Waals surface area contributed by atoms with Gasteiger partial charge in [-0.1, -0.05) is 13.8 Å². The van der Waals surface area contributed by atoms with Gasteiger partial charge in [0.25, 0.3) is 5.91 Å². The van der Waals surface area contributed by atoms with Crippen LogP contribution in [0.5, 0.6) is 0 Å². The fourth-order valence-electron chi connectivity index (χ4n) is 3.01. The first-order valence-electron chi connectivity index (χ1n) is 8.60. The molecular weight excluding hydrogens is 338 g/mol. The maximum absolute atomic E-state index is 12.7. The van der Waals surface area contributed by atoms with Crippen LogP contribution in [-0.2, 0) is 17.8 Å². The Morgan fingerprint density at radius 2 is 2.16 bits per heavy atom. The van der Waals surface area contributed by atoms with Crippen LogP contribution in [0.1, 0.15) is 49.4 Å². The molecule has 1 atom stereocenters. The summed E-state index contributed by atoms with van der Waals surface area (Å²) < 4.78 is 1.96. The number of carbonyl (C=O) groups is 2. The zero-order chi connectivity index (χ0) is 17.8. The number of hydrogen-bond donors (Lipinski definition) is 2. The summed E-state index contributed by atoms with van der Waals surface area (Å²) in [6.45, 7) is 4.85. The molecular formula is C17H23N5O2S. The maximum Gasteiger partial charge on any atom is 0.270 e. The predicted molar refractivity (Wildman–Crippen MR) is 96.6 cm³/mol. The summed E-state index contributed by atoms with van der Waals surface area (Å²) in [4.78, 5) is 33.7. The molecule has 0 saturated carbocycles. The van der Waals surface area contributed by atoms with E-state index in [1.165, 1.54) is 11.3 Å². The smallest absolute Gasteiger partial charge is 0.270 e. The Morgan fingerprint density at radius 1 is 1.32 bits per heavy atom. The number of aryl methyl sites for hydroxylation is 1. The van der Waals surface area contributed by atoms with Crippen molar-refractivity contribution >= 4 is 28.3 Å². The minimum absolute atomic E-state index is 0.240. The largest absolute Gasteiger partial charge is 0.339 e. The molecule has 0 aliphatic carbocycles. The number of fused-ring (bicyclic) bond motifs is 1. The highest BCUT2D eigenvalue weighted by molar-refractivity contribution is 7.13. The van der Waals surface area contributed by atoms with Gasteiger partial charge in [-0.05, 0) is 25.2 Å². The normalized spacial score (nSPS) is 14.8. The molecule has 0 fully saturated rings. The molecule has 1 unspecified atom stereocenters. The van der Waals surface area contributed by atoms with Crippen LogP contribution in [0.15, 0.2) is 17.8 Å². The van der Waals surface area contributed by atoms with Gasteiger partial charge in [0.15, 0.2) is 5.13 Å². The van der Waals surface area contributed by atoms with Crippen LogP contribution in [0, 0.1) is 5.92 Å². The second-order valence-electron chi connectivity index (χ2n) is 6.65. The van der Waals surface area contributed by atoms with E-state index in [1.54, 1.807) is 17.8 Å². The number of anilines is 1. The first-order chi connectivity index (χ1) is 12.0. The van der Waals surface area contributed by atoms with Crippen molar-refractivity contribution in [2.24, 2.45) is 5.92 Å². The average molecular weight is 361 g/mol. The molecule has 2 N–H and O–H groups in total. The van der Waals surface area contributed by atoms with E-state index in [4.69, 9.17) is 0 Å². The summed E-state index contributed by atoms with van der Waals surface area (Å²) in [5, 5.41) is 7.98. The molecule has 0 bridgehead atoms. The van der Waals surface area contributed by atoms with Gasteiger partial charge in [-0.25, -0.2) is 9.97 Å². The van der Waals surface area contributed by atoms with Gasteiger partial charge in [-0.3, -0.25) is 9.59 Å². The van der Waals surface area contributed by atoms with E-state index in [1.807, 2.05) is 18.4 Å². The average Bonchev–Trinajstić information content (AvgIpc) is 3.22. The summed E-state index contributed by atoms with van der Waals surface area (Å²) >= 11 is 1.35. The number of carbonyl (C=O) groups excluding carboxylic acids is 2. The van der Waals surface area contributed by atoms with E-state index in [0.29, 0.717) is 17.2 Å². The number of aromatic nitrogens is 3. The summed E-state index contributed by atoms with van der Waals surface area (Å²) in [7, 11) is 0. The van der Waals surface area contributed by atoms with Gasteiger partial charge in [-0.2, -0.15) is 0 Å². The minimum atomic E-state index is -0.605. The highest BCUT2D eigenvalue weighted by Crippen LogP contribution is 2.17. The summed E-state index contributed by atoms with van der Waals surface area (Å²) in [5.41, 5.74) is 0.533. The summed E-state index contributed by atoms with van der Waals surface area (Å²) in [5.74, 6) is 0.728. The molecule has 0 aromatic carbocycles. The van der Waals surface area contributed by atoms with Crippen LogP contribution in [-0.4, -0.2) is 32.4 Å². The van der Waals surface area contributed by atoms with Gasteiger partial charge in [-0.15, -0.1) is 11.3 Å². The molecule has 1 aliphatic rings. The second kappa shape index (κ2) is 7.77. The molecule has 25 heavy (non-hydrogen) atoms. The lowest BCUT2D eigenvalue weighted by atomic mass is 10.0. The van der Waals surface area contributed by atoms with Crippen LogP contribution >= 0.6 is 11.3 Å². The Morgan fingerprint density at radius 3 is 2.88 bits per heavy atom. The topological polar surface area (TPSA) is 88.9 Å². The standard InChI is InChI=1S/C17H23N5O2S/c1-11(2)9-12(15(23)21-17-18-6-8-25-17)20-16(24)13-10-19-14-5-3-4-7-22(13)14/h6,8,10-12H,3-5,7,9H2,1-2H3,(H,20,24)(H,18,21,23). The number of rotatable bonds is 6. The highest BCUT2D eigenvalue weighted by Gasteiger charge is 2.26. The molecule has 0 spiro atoms. The van der Waals surface area contributed by atoms with E-state index in [2.05, 4.69) is 20.6 Å². The summed E-state index contributed by atoms with van der Waals surface area (Å²) in [6.07, 6.45) is 6.85. The third kappa shape index (κ3) is 4.25. The van der Waals surface area contributed by atoms with Crippen molar-refractivity contribution in [1.82, 2.24) is 19.9 Å². The van der Waals surface area contributed by atoms with Gasteiger partial charge in [0, 0.05) is 24.5 Å². The lowest BCUT2D eigenvalue weighted by Crippen LogP contribution is -2.45. The SMILES string of the molecule is CC(C)CC(NC(=O)c1cnc2n1CCCC2)C(=O)Nc1nccs1. The Balaban J connectivity index is 1.72. The Kier molecular flexibility index (Phi) is 5.47. The van der Waals surface area contributed by atoms with E-state index < -0.39 is 6.04 Å². The number of nitrogens with one attached hydrogen (secondary N) is 2. The van der Waals surface area contributed by atoms with Crippen LogP contribution < -0.4 is 10.6 Å². The zero-order valence-electron chi connectivity index (χ0n) is 14.5. The first-order valence-corrected chi connectivity index (χ1v) is 9.48. The number of hydrogen-bond acceptors (Lipinski definition) is 5. The number of imidazole rings is 1. The monoisotopic (exact) mass is 361 g/mol. The second-order valence-corrected chi connectivity index (χ2v) is 7.55. The maximum atomic E-state index is 12.7. The van der Waals surface area contributed by atoms with Crippen LogP contribution in [0.3, 0.4) is 0 Å². The zero-order valence-corrected chi connectivity index (χ0v) is 15.3. The van der Waals surface area contributed by atoms with Crippen molar-refractivity contribution in [1.29, 1.82) is 0 Å². The molecule has 134 valence electrons. The minimum Gasteiger partial charge on any atom is -0.339 e. The molecule has 7 nitrogen and oxygen atoms in total. The molecule has 1 aliphatic heterocycles. The fourth-order valence-corrected chi connectivity index (χ4v) is 3.54. The van der Waals surface area contributed by atoms with Crippen molar-refractivity contribution in [2.75, 3.05) is 5.32 Å². The Labute approximate surface area is 150 Å². The van der Waals surface area contributed by atoms with E-state index in [-0.39, 0.29) is 17.7 Å². The third-order valence-corrected chi connectivity index (χ3v) is 4.88. The van der Waals surface area contributed by atoms with E-state index >= 15 is 0 Å². The van der Waals surface area contributed by atoms with Crippen LogP contribution in [0.2, 0.25) is 0 Å². The quantitative estimate of drug-likeness (QED) is 0.827. The van der Waals surface area contributed by atoms with Crippen molar-refractivity contribution in [3.05, 3.63) is 29.3 Å². The van der Waals surface area contributed by atoms with Gasteiger partial charge < -0.3 is 15.2 Å². The van der Waals surface area contributed by atoms with E-state index in [0.717, 1.165) is 31.6 Å². The van der Waals surface area contributed by atoms with Crippen LogP contribution in [0.4, 0.5) is 5.13 Å². The lowest BCUT2D eigenvalue weighted by molar-refractivity contribution is -0.118. The van der Waals surface area contributed by atoms with E-state index in [9.17, 15) is 9.59 Å².